The van der Waals surface area contributed by atoms with Gasteiger partial charge in [0, 0.05) is 18.4 Å². The van der Waals surface area contributed by atoms with Crippen LogP contribution in [0.2, 0.25) is 0 Å². The first-order valence-electron chi connectivity index (χ1n) is 6.90. The molecule has 18 heavy (non-hydrogen) atoms. The molecule has 0 bridgehead atoms. The zero-order valence-corrected chi connectivity index (χ0v) is 12.9. The Morgan fingerprint density at radius 2 is 1.72 bits per heavy atom. The molecule has 0 saturated carbocycles. The average Bonchev–Trinajstić information content (AvgIpc) is 2.25. The van der Waals surface area contributed by atoms with E-state index in [2.05, 4.69) is 0 Å². The first kappa shape index (κ1) is 15.4. The van der Waals surface area contributed by atoms with Gasteiger partial charge in [-0.2, -0.15) is 0 Å². The van der Waals surface area contributed by atoms with Crippen LogP contribution in [0.5, 0.6) is 0 Å². The quantitative estimate of drug-likeness (QED) is 0.758. The lowest BCUT2D eigenvalue weighted by molar-refractivity contribution is -0.947. The lowest BCUT2D eigenvalue weighted by Gasteiger charge is -2.58. The molecule has 1 N–H and O–H groups in total. The van der Waals surface area contributed by atoms with Crippen molar-refractivity contribution in [1.29, 1.82) is 0 Å². The van der Waals surface area contributed by atoms with Crippen LogP contribution in [-0.2, 0) is 4.79 Å². The normalized spacial score (nSPS) is 27.4. The zero-order chi connectivity index (χ0) is 14.4. The van der Waals surface area contributed by atoms with E-state index >= 15 is 0 Å². The molecule has 1 saturated heterocycles. The predicted molar refractivity (Wildman–Crippen MR) is 73.2 cm³/mol. The number of quaternary nitrogens is 1. The fourth-order valence-electron chi connectivity index (χ4n) is 2.96. The number of hydrogen-bond donors (Lipinski definition) is 1. The Morgan fingerprint density at radius 3 is 2.06 bits per heavy atom. The summed E-state index contributed by atoms with van der Waals surface area (Å²) in [5, 5.41) is 12.8. The van der Waals surface area contributed by atoms with Gasteiger partial charge in [-0.1, -0.05) is 13.8 Å². The Hall–Kier alpha value is -0.610. The summed E-state index contributed by atoms with van der Waals surface area (Å²) in [5.41, 5.74) is -1.49. The van der Waals surface area contributed by atoms with Gasteiger partial charge in [-0.15, -0.1) is 0 Å². The van der Waals surface area contributed by atoms with Gasteiger partial charge in [-0.05, 0) is 34.6 Å². The summed E-state index contributed by atoms with van der Waals surface area (Å²) in [6.07, 6.45) is 1.19. The van der Waals surface area contributed by atoms with Gasteiger partial charge in [0.2, 0.25) is 0 Å². The fourth-order valence-corrected chi connectivity index (χ4v) is 2.96. The Kier molecular flexibility index (Phi) is 3.86. The molecule has 106 valence electrons. The molecular formula is C14H28N2O2. The minimum Gasteiger partial charge on any atom is -0.633 e. The first-order valence-corrected chi connectivity index (χ1v) is 6.90. The van der Waals surface area contributed by atoms with E-state index in [9.17, 15) is 10.0 Å². The van der Waals surface area contributed by atoms with E-state index in [1.54, 1.807) is 0 Å². The second-order valence-electron chi connectivity index (χ2n) is 7.06. The van der Waals surface area contributed by atoms with Gasteiger partial charge in [0.15, 0.2) is 5.54 Å². The Labute approximate surface area is 111 Å². The number of nitrogens with zero attached hydrogens (tertiary/aromatic N) is 1. The van der Waals surface area contributed by atoms with Gasteiger partial charge in [0.1, 0.15) is 5.54 Å². The van der Waals surface area contributed by atoms with Crippen molar-refractivity contribution in [2.45, 2.75) is 77.9 Å². The molecule has 1 rings (SSSR count). The molecule has 4 nitrogen and oxygen atoms in total. The highest BCUT2D eigenvalue weighted by atomic mass is 16.5. The number of piperazine rings is 1. The minimum absolute atomic E-state index is 0.0179. The molecule has 1 heterocycles. The molecule has 0 aromatic rings. The maximum Gasteiger partial charge on any atom is 0.284 e. The van der Waals surface area contributed by atoms with Crippen molar-refractivity contribution in [3.8, 4) is 0 Å². The van der Waals surface area contributed by atoms with Crippen LogP contribution in [0.25, 0.3) is 0 Å². The molecular weight excluding hydrogens is 228 g/mol. The average molecular weight is 256 g/mol. The number of carbonyl (C=O) groups is 1. The van der Waals surface area contributed by atoms with Crippen LogP contribution in [0.3, 0.4) is 0 Å². The van der Waals surface area contributed by atoms with E-state index in [0.29, 0.717) is 19.4 Å². The van der Waals surface area contributed by atoms with Crippen molar-refractivity contribution in [2.75, 3.05) is 6.54 Å². The van der Waals surface area contributed by atoms with Crippen LogP contribution in [-0.4, -0.2) is 34.0 Å². The van der Waals surface area contributed by atoms with Gasteiger partial charge in [-0.3, -0.25) is 4.79 Å². The third-order valence-corrected chi connectivity index (χ3v) is 4.27. The molecule has 1 unspecified atom stereocenters. The van der Waals surface area contributed by atoms with E-state index in [4.69, 9.17) is 0 Å². The standard InChI is InChI=1S/C14H28N2O2/c1-8-14(9-2)11(17)15(12(3,4)5)10-13(6,7)16(14)18/h16H,8-10H2,1-7H3. The molecule has 1 amide bonds. The molecule has 0 spiro atoms. The minimum atomic E-state index is -0.810. The second kappa shape index (κ2) is 4.49. The molecule has 0 aromatic carbocycles. The molecule has 1 fully saturated rings. The van der Waals surface area contributed by atoms with Crippen molar-refractivity contribution in [3.05, 3.63) is 5.21 Å². The van der Waals surface area contributed by atoms with E-state index in [-0.39, 0.29) is 16.5 Å². The van der Waals surface area contributed by atoms with Gasteiger partial charge < -0.3 is 15.2 Å². The van der Waals surface area contributed by atoms with Crippen LogP contribution >= 0.6 is 0 Å². The van der Waals surface area contributed by atoms with Crippen molar-refractivity contribution >= 4 is 5.91 Å². The predicted octanol–water partition coefficient (Wildman–Crippen LogP) is 1.35. The summed E-state index contributed by atoms with van der Waals surface area (Å²) >= 11 is 0. The van der Waals surface area contributed by atoms with Crippen LogP contribution in [0.4, 0.5) is 0 Å². The fraction of sp³-hybridized carbons (Fsp3) is 0.929. The smallest absolute Gasteiger partial charge is 0.284 e. The Morgan fingerprint density at radius 1 is 1.28 bits per heavy atom. The highest BCUT2D eigenvalue weighted by Gasteiger charge is 2.56. The largest absolute Gasteiger partial charge is 0.633 e. The summed E-state index contributed by atoms with van der Waals surface area (Å²) < 4.78 is 0. The van der Waals surface area contributed by atoms with Crippen molar-refractivity contribution in [1.82, 2.24) is 4.90 Å². The maximum atomic E-state index is 12.8. The van der Waals surface area contributed by atoms with E-state index < -0.39 is 11.1 Å². The monoisotopic (exact) mass is 256 g/mol. The molecule has 1 atom stereocenters. The number of rotatable bonds is 2. The van der Waals surface area contributed by atoms with Crippen LogP contribution < -0.4 is 5.06 Å². The van der Waals surface area contributed by atoms with E-state index in [1.165, 1.54) is 0 Å². The number of carbonyl (C=O) groups excluding carboxylic acids is 1. The summed E-state index contributed by atoms with van der Waals surface area (Å²) in [4.78, 5) is 14.6. The van der Waals surface area contributed by atoms with Gasteiger partial charge in [0.05, 0.1) is 6.54 Å². The molecule has 0 aromatic heterocycles. The van der Waals surface area contributed by atoms with Crippen molar-refractivity contribution in [3.63, 3.8) is 0 Å². The van der Waals surface area contributed by atoms with Gasteiger partial charge in [-0.25, -0.2) is 0 Å². The molecule has 0 radical (unpaired) electrons. The van der Waals surface area contributed by atoms with E-state index in [0.717, 1.165) is 0 Å². The van der Waals surface area contributed by atoms with Crippen molar-refractivity contribution < 1.29 is 9.86 Å². The number of nitrogens with one attached hydrogen (secondary N) is 1. The van der Waals surface area contributed by atoms with Crippen LogP contribution in [0, 0.1) is 5.21 Å². The third-order valence-electron chi connectivity index (χ3n) is 4.27. The van der Waals surface area contributed by atoms with Crippen LogP contribution in [0.1, 0.15) is 61.3 Å². The molecule has 4 heteroatoms. The maximum absolute atomic E-state index is 12.8. The number of hydroxylamine groups is 2. The van der Waals surface area contributed by atoms with Gasteiger partial charge >= 0.3 is 0 Å². The molecule has 0 aliphatic carbocycles. The van der Waals surface area contributed by atoms with Crippen molar-refractivity contribution in [2.24, 2.45) is 0 Å². The first-order chi connectivity index (χ1) is 8.03. The summed E-state index contributed by atoms with van der Waals surface area (Å²) in [6.45, 7) is 14.4. The molecule has 1 aliphatic rings. The lowest BCUT2D eigenvalue weighted by Crippen LogP contribution is -3.26. The second-order valence-corrected chi connectivity index (χ2v) is 7.06. The number of amides is 1. The van der Waals surface area contributed by atoms with Crippen LogP contribution in [0.15, 0.2) is 0 Å². The number of hydrogen-bond acceptors (Lipinski definition) is 2. The van der Waals surface area contributed by atoms with Gasteiger partial charge in [0.25, 0.3) is 5.91 Å². The SMILES string of the molecule is CCC1(CC)C(=O)N(C(C)(C)C)CC(C)(C)[NH+]1[O-]. The topological polar surface area (TPSA) is 47.8 Å². The third kappa shape index (κ3) is 2.16. The summed E-state index contributed by atoms with van der Waals surface area (Å²) in [6, 6.07) is 0. The highest BCUT2D eigenvalue weighted by Crippen LogP contribution is 2.28. The van der Waals surface area contributed by atoms with E-state index in [1.807, 2.05) is 53.4 Å². The molecule has 1 aliphatic heterocycles. The summed E-state index contributed by atoms with van der Waals surface area (Å²) in [7, 11) is 0. The zero-order valence-electron chi connectivity index (χ0n) is 12.9. The Balaban J connectivity index is 3.29. The lowest BCUT2D eigenvalue weighted by atomic mass is 9.81. The summed E-state index contributed by atoms with van der Waals surface area (Å²) in [5.74, 6) is 0.0179. The highest BCUT2D eigenvalue weighted by molar-refractivity contribution is 5.86. The Bertz CT molecular complexity index is 327.